The van der Waals surface area contributed by atoms with Crippen LogP contribution in [0.3, 0.4) is 0 Å². The Balaban J connectivity index is 2.35. The van der Waals surface area contributed by atoms with Crippen molar-refractivity contribution in [3.63, 3.8) is 0 Å². The van der Waals surface area contributed by atoms with Gasteiger partial charge in [-0.15, -0.1) is 0 Å². The van der Waals surface area contributed by atoms with Gasteiger partial charge >= 0.3 is 5.97 Å². The molecule has 0 aliphatic heterocycles. The van der Waals surface area contributed by atoms with Gasteiger partial charge in [0.2, 0.25) is 0 Å². The quantitative estimate of drug-likeness (QED) is 0.780. The lowest BCUT2D eigenvalue weighted by Crippen LogP contribution is -2.12. The van der Waals surface area contributed by atoms with E-state index in [4.69, 9.17) is 16.3 Å². The SMILES string of the molecule is COC(=O)COc1ccc(Cl)c2nccnc12. The maximum Gasteiger partial charge on any atom is 0.343 e. The number of methoxy groups -OCH3 is 1. The van der Waals surface area contributed by atoms with E-state index in [1.54, 1.807) is 12.1 Å². The summed E-state index contributed by atoms with van der Waals surface area (Å²) in [5.41, 5.74) is 1.06. The number of hydrogen-bond donors (Lipinski definition) is 0. The molecule has 0 unspecified atom stereocenters. The van der Waals surface area contributed by atoms with E-state index in [9.17, 15) is 4.79 Å². The minimum absolute atomic E-state index is 0.177. The summed E-state index contributed by atoms with van der Waals surface area (Å²) in [6.45, 7) is -0.177. The fraction of sp³-hybridized carbons (Fsp3) is 0.182. The molecule has 6 heteroatoms. The molecule has 0 saturated carbocycles. The van der Waals surface area contributed by atoms with Gasteiger partial charge in [-0.25, -0.2) is 9.78 Å². The number of carbonyl (C=O) groups is 1. The molecular weight excluding hydrogens is 244 g/mol. The topological polar surface area (TPSA) is 61.3 Å². The van der Waals surface area contributed by atoms with Crippen LogP contribution in [0.25, 0.3) is 11.0 Å². The summed E-state index contributed by atoms with van der Waals surface area (Å²) in [6.07, 6.45) is 3.07. The van der Waals surface area contributed by atoms with Gasteiger partial charge in [0.05, 0.1) is 12.1 Å². The van der Waals surface area contributed by atoms with Crippen LogP contribution in [0.15, 0.2) is 24.5 Å². The van der Waals surface area contributed by atoms with Crippen molar-refractivity contribution in [2.45, 2.75) is 0 Å². The zero-order valence-corrected chi connectivity index (χ0v) is 9.77. The third kappa shape index (κ3) is 2.45. The number of halogens is 1. The third-order valence-corrected chi connectivity index (χ3v) is 2.42. The zero-order valence-electron chi connectivity index (χ0n) is 9.01. The lowest BCUT2D eigenvalue weighted by Gasteiger charge is -2.07. The summed E-state index contributed by atoms with van der Waals surface area (Å²) in [6, 6.07) is 3.29. The molecule has 1 aromatic heterocycles. The highest BCUT2D eigenvalue weighted by atomic mass is 35.5. The number of carbonyl (C=O) groups excluding carboxylic acids is 1. The molecule has 5 nitrogen and oxygen atoms in total. The minimum Gasteiger partial charge on any atom is -0.480 e. The van der Waals surface area contributed by atoms with E-state index in [0.29, 0.717) is 21.8 Å². The molecule has 0 atom stereocenters. The Hall–Kier alpha value is -1.88. The molecule has 88 valence electrons. The first-order chi connectivity index (χ1) is 8.22. The average Bonchev–Trinajstić information content (AvgIpc) is 2.38. The second-order valence-electron chi connectivity index (χ2n) is 3.16. The molecule has 0 radical (unpaired) electrons. The first-order valence-corrected chi connectivity index (χ1v) is 5.19. The van der Waals surface area contributed by atoms with Crippen molar-refractivity contribution in [2.75, 3.05) is 13.7 Å². The maximum absolute atomic E-state index is 11.0. The third-order valence-electron chi connectivity index (χ3n) is 2.11. The molecule has 0 aliphatic rings. The van der Waals surface area contributed by atoms with Crippen molar-refractivity contribution in [3.8, 4) is 5.75 Å². The van der Waals surface area contributed by atoms with Crippen LogP contribution < -0.4 is 4.74 Å². The largest absolute Gasteiger partial charge is 0.480 e. The van der Waals surface area contributed by atoms with Gasteiger partial charge in [0.15, 0.2) is 6.61 Å². The van der Waals surface area contributed by atoms with Gasteiger partial charge < -0.3 is 9.47 Å². The van der Waals surface area contributed by atoms with Gasteiger partial charge in [-0.05, 0) is 12.1 Å². The van der Waals surface area contributed by atoms with Crippen molar-refractivity contribution in [3.05, 3.63) is 29.5 Å². The fourth-order valence-electron chi connectivity index (χ4n) is 1.31. The van der Waals surface area contributed by atoms with Gasteiger partial charge in [0.1, 0.15) is 16.8 Å². The van der Waals surface area contributed by atoms with Crippen LogP contribution in [0.5, 0.6) is 5.75 Å². The summed E-state index contributed by atoms with van der Waals surface area (Å²) in [5.74, 6) is -0.0140. The highest BCUT2D eigenvalue weighted by molar-refractivity contribution is 6.35. The molecule has 1 aromatic carbocycles. The van der Waals surface area contributed by atoms with E-state index in [2.05, 4.69) is 14.7 Å². The molecule has 0 spiro atoms. The number of hydrogen-bond acceptors (Lipinski definition) is 5. The van der Waals surface area contributed by atoms with E-state index in [1.807, 2.05) is 0 Å². The van der Waals surface area contributed by atoms with Gasteiger partial charge in [0, 0.05) is 12.4 Å². The molecule has 0 fully saturated rings. The number of ether oxygens (including phenoxy) is 2. The first-order valence-electron chi connectivity index (χ1n) is 4.81. The van der Waals surface area contributed by atoms with Crippen LogP contribution in [-0.2, 0) is 9.53 Å². The number of fused-ring (bicyclic) bond motifs is 1. The predicted molar refractivity (Wildman–Crippen MR) is 62.1 cm³/mol. The van der Waals surface area contributed by atoms with Crippen LogP contribution in [0.4, 0.5) is 0 Å². The van der Waals surface area contributed by atoms with Crippen molar-refractivity contribution in [1.29, 1.82) is 0 Å². The average molecular weight is 253 g/mol. The van der Waals surface area contributed by atoms with Gasteiger partial charge in [0.25, 0.3) is 0 Å². The highest BCUT2D eigenvalue weighted by Crippen LogP contribution is 2.27. The van der Waals surface area contributed by atoms with Gasteiger partial charge in [-0.1, -0.05) is 11.6 Å². The molecule has 0 amide bonds. The summed E-state index contributed by atoms with van der Waals surface area (Å²) in [7, 11) is 1.30. The summed E-state index contributed by atoms with van der Waals surface area (Å²) in [5, 5.41) is 0.485. The van der Waals surface area contributed by atoms with E-state index < -0.39 is 5.97 Å². The predicted octanol–water partition coefficient (Wildman–Crippen LogP) is 1.83. The van der Waals surface area contributed by atoms with Crippen LogP contribution in [0, 0.1) is 0 Å². The zero-order chi connectivity index (χ0) is 12.3. The number of rotatable bonds is 3. The van der Waals surface area contributed by atoms with Crippen molar-refractivity contribution >= 4 is 28.6 Å². The summed E-state index contributed by atoms with van der Waals surface area (Å²) < 4.78 is 9.77. The van der Waals surface area contributed by atoms with Gasteiger partial charge in [-0.3, -0.25) is 4.98 Å². The molecule has 0 N–H and O–H groups in total. The van der Waals surface area contributed by atoms with E-state index >= 15 is 0 Å². The molecule has 2 rings (SSSR count). The lowest BCUT2D eigenvalue weighted by molar-refractivity contribution is -0.142. The molecule has 17 heavy (non-hydrogen) atoms. The van der Waals surface area contributed by atoms with E-state index in [-0.39, 0.29) is 6.61 Å². The highest BCUT2D eigenvalue weighted by Gasteiger charge is 2.09. The molecule has 0 saturated heterocycles. The maximum atomic E-state index is 11.0. The van der Waals surface area contributed by atoms with Crippen molar-refractivity contribution < 1.29 is 14.3 Å². The molecule has 0 bridgehead atoms. The Morgan fingerprint density at radius 3 is 2.71 bits per heavy atom. The minimum atomic E-state index is -0.461. The second kappa shape index (κ2) is 4.97. The Morgan fingerprint density at radius 2 is 2.00 bits per heavy atom. The number of benzene rings is 1. The molecule has 2 aromatic rings. The van der Waals surface area contributed by atoms with E-state index in [1.165, 1.54) is 19.5 Å². The summed E-state index contributed by atoms with van der Waals surface area (Å²) in [4.78, 5) is 19.2. The lowest BCUT2D eigenvalue weighted by atomic mass is 10.3. The smallest absolute Gasteiger partial charge is 0.343 e. The normalized spacial score (nSPS) is 10.2. The first kappa shape index (κ1) is 11.6. The van der Waals surface area contributed by atoms with Crippen LogP contribution in [-0.4, -0.2) is 29.7 Å². The standard InChI is InChI=1S/C11H9ClN2O3/c1-16-9(15)6-17-8-3-2-7(12)10-11(8)14-5-4-13-10/h2-5H,6H2,1H3. The van der Waals surface area contributed by atoms with Crippen LogP contribution in [0.1, 0.15) is 0 Å². The molecule has 1 heterocycles. The summed E-state index contributed by atoms with van der Waals surface area (Å²) >= 11 is 5.97. The van der Waals surface area contributed by atoms with Crippen LogP contribution >= 0.6 is 11.6 Å². The van der Waals surface area contributed by atoms with Crippen molar-refractivity contribution in [2.24, 2.45) is 0 Å². The molecular formula is C11H9ClN2O3. The Kier molecular flexibility index (Phi) is 3.39. The van der Waals surface area contributed by atoms with Crippen molar-refractivity contribution in [1.82, 2.24) is 9.97 Å². The van der Waals surface area contributed by atoms with Crippen LogP contribution in [0.2, 0.25) is 5.02 Å². The Morgan fingerprint density at radius 1 is 1.29 bits per heavy atom. The monoisotopic (exact) mass is 252 g/mol. The fourth-order valence-corrected chi connectivity index (χ4v) is 1.51. The second-order valence-corrected chi connectivity index (χ2v) is 3.57. The van der Waals surface area contributed by atoms with E-state index in [0.717, 1.165) is 0 Å². The number of esters is 1. The Bertz CT molecular complexity index is 559. The number of nitrogens with zero attached hydrogens (tertiary/aromatic N) is 2. The number of aromatic nitrogens is 2. The molecule has 0 aliphatic carbocycles. The van der Waals surface area contributed by atoms with Gasteiger partial charge in [-0.2, -0.15) is 0 Å². The Labute approximate surface area is 102 Å².